The van der Waals surface area contributed by atoms with Crippen LogP contribution < -0.4 is 10.2 Å². The lowest BCUT2D eigenvalue weighted by Gasteiger charge is -2.35. The highest BCUT2D eigenvalue weighted by Gasteiger charge is 2.27. The SMILES string of the molecule is COCCn1nc(C)c(-c2nc(N3CCN(C(=O)N[C@@H](CC=N)c4cc(F)cc(F)c4)CC3)ncc2F)c1C. The maximum absolute atomic E-state index is 14.9. The molecule has 0 spiro atoms. The Hall–Kier alpha value is -4.00. The van der Waals surface area contributed by atoms with Crippen LogP contribution in [0.2, 0.25) is 0 Å². The molecule has 1 aromatic carbocycles. The lowest BCUT2D eigenvalue weighted by atomic mass is 10.0. The summed E-state index contributed by atoms with van der Waals surface area (Å²) in [5.74, 6) is -1.73. The van der Waals surface area contributed by atoms with Crippen molar-refractivity contribution in [1.82, 2.24) is 30.0 Å². The number of halogens is 3. The van der Waals surface area contributed by atoms with E-state index >= 15 is 0 Å². The predicted molar refractivity (Wildman–Crippen MR) is 139 cm³/mol. The topological polar surface area (TPSA) is 112 Å². The van der Waals surface area contributed by atoms with Crippen LogP contribution in [0.5, 0.6) is 0 Å². The van der Waals surface area contributed by atoms with Gasteiger partial charge in [-0.2, -0.15) is 5.10 Å². The molecule has 1 aliphatic heterocycles. The minimum absolute atomic E-state index is 0.0850. The number of benzene rings is 1. The summed E-state index contributed by atoms with van der Waals surface area (Å²) < 4.78 is 49.2. The Morgan fingerprint density at radius 2 is 1.85 bits per heavy atom. The number of urea groups is 1. The molecule has 2 amide bonds. The average Bonchev–Trinajstić information content (AvgIpc) is 3.19. The summed E-state index contributed by atoms with van der Waals surface area (Å²) in [6, 6.07) is 1.87. The first-order chi connectivity index (χ1) is 18.7. The average molecular weight is 545 g/mol. The van der Waals surface area contributed by atoms with Crippen LogP contribution in [0.1, 0.15) is 29.4 Å². The summed E-state index contributed by atoms with van der Waals surface area (Å²) in [6.45, 7) is 6.09. The van der Waals surface area contributed by atoms with Gasteiger partial charge in [0, 0.05) is 57.0 Å². The quantitative estimate of drug-likeness (QED) is 0.398. The van der Waals surface area contributed by atoms with Crippen molar-refractivity contribution < 1.29 is 22.7 Å². The second-order valence-corrected chi connectivity index (χ2v) is 9.25. The zero-order valence-corrected chi connectivity index (χ0v) is 22.0. The molecule has 0 radical (unpaired) electrons. The van der Waals surface area contributed by atoms with Gasteiger partial charge in [0.2, 0.25) is 5.95 Å². The van der Waals surface area contributed by atoms with Crippen molar-refractivity contribution in [2.75, 3.05) is 44.8 Å². The first kappa shape index (κ1) is 28.0. The van der Waals surface area contributed by atoms with Gasteiger partial charge in [0.15, 0.2) is 5.82 Å². The van der Waals surface area contributed by atoms with E-state index in [0.29, 0.717) is 56.5 Å². The summed E-state index contributed by atoms with van der Waals surface area (Å²) in [7, 11) is 1.60. The van der Waals surface area contributed by atoms with E-state index in [1.165, 1.54) is 0 Å². The van der Waals surface area contributed by atoms with Gasteiger partial charge in [0.05, 0.1) is 31.1 Å². The van der Waals surface area contributed by atoms with E-state index in [1.807, 2.05) is 11.8 Å². The second kappa shape index (κ2) is 12.2. The van der Waals surface area contributed by atoms with E-state index in [-0.39, 0.29) is 17.7 Å². The fraction of sp³-hybridized carbons (Fsp3) is 0.423. The Morgan fingerprint density at radius 1 is 1.15 bits per heavy atom. The third-order valence-electron chi connectivity index (χ3n) is 6.65. The van der Waals surface area contributed by atoms with Gasteiger partial charge in [0.25, 0.3) is 0 Å². The lowest BCUT2D eigenvalue weighted by molar-refractivity contribution is 0.182. The first-order valence-electron chi connectivity index (χ1n) is 12.5. The Bertz CT molecular complexity index is 1320. The van der Waals surface area contributed by atoms with Gasteiger partial charge in [-0.05, 0) is 37.8 Å². The molecule has 0 bridgehead atoms. The van der Waals surface area contributed by atoms with Gasteiger partial charge in [-0.15, -0.1) is 0 Å². The Kier molecular flexibility index (Phi) is 8.79. The fourth-order valence-corrected chi connectivity index (χ4v) is 4.64. The van der Waals surface area contributed by atoms with Crippen LogP contribution in [-0.2, 0) is 11.3 Å². The lowest BCUT2D eigenvalue weighted by Crippen LogP contribution is -2.52. The number of nitrogens with zero attached hydrogens (tertiary/aromatic N) is 6. The van der Waals surface area contributed by atoms with Crippen LogP contribution in [0.25, 0.3) is 11.3 Å². The standard InChI is InChI=1S/C26H31F3N8O2/c1-16-23(17(2)37(34-16)10-11-39-3)24-21(29)15-31-25(33-24)35-6-8-36(9-7-35)26(38)32-22(4-5-30)18-12-19(27)14-20(28)13-18/h5,12-15,22,30H,4,6-11H2,1-3H3,(H,32,38)/t22-/m0/s1. The van der Waals surface area contributed by atoms with Crippen LogP contribution in [-0.4, -0.2) is 76.8 Å². The van der Waals surface area contributed by atoms with Crippen molar-refractivity contribution in [3.63, 3.8) is 0 Å². The summed E-state index contributed by atoms with van der Waals surface area (Å²) in [5, 5.41) is 14.7. The molecular formula is C26H31F3N8O2. The molecule has 1 aliphatic rings. The van der Waals surface area contributed by atoms with E-state index < -0.39 is 29.5 Å². The number of piperazine rings is 1. The number of aromatic nitrogens is 4. The van der Waals surface area contributed by atoms with Gasteiger partial charge in [0.1, 0.15) is 17.3 Å². The van der Waals surface area contributed by atoms with Gasteiger partial charge in [-0.1, -0.05) is 0 Å². The van der Waals surface area contributed by atoms with Crippen LogP contribution in [0.15, 0.2) is 24.4 Å². The first-order valence-corrected chi connectivity index (χ1v) is 12.5. The van der Waals surface area contributed by atoms with E-state index in [9.17, 15) is 18.0 Å². The molecule has 0 saturated carbocycles. The third-order valence-corrected chi connectivity index (χ3v) is 6.65. The molecule has 1 saturated heterocycles. The number of aryl methyl sites for hydroxylation is 1. The molecule has 3 aromatic rings. The van der Waals surface area contributed by atoms with E-state index in [1.54, 1.807) is 23.6 Å². The Balaban J connectivity index is 1.45. The number of carbonyl (C=O) groups excluding carboxylic acids is 1. The van der Waals surface area contributed by atoms with Crippen molar-refractivity contribution in [2.24, 2.45) is 0 Å². The number of rotatable bonds is 9. The molecule has 39 heavy (non-hydrogen) atoms. The summed E-state index contributed by atoms with van der Waals surface area (Å²) in [6.07, 6.45) is 2.31. The maximum atomic E-state index is 14.9. The summed E-state index contributed by atoms with van der Waals surface area (Å²) in [5.41, 5.74) is 2.43. The number of amides is 2. The molecule has 13 heteroatoms. The van der Waals surface area contributed by atoms with Gasteiger partial charge >= 0.3 is 6.03 Å². The number of carbonyl (C=O) groups is 1. The zero-order chi connectivity index (χ0) is 28.1. The Labute approximate surface area is 224 Å². The van der Waals surface area contributed by atoms with Gasteiger partial charge in [-0.25, -0.2) is 27.9 Å². The summed E-state index contributed by atoms with van der Waals surface area (Å²) >= 11 is 0. The monoisotopic (exact) mass is 544 g/mol. The van der Waals surface area contributed by atoms with Gasteiger partial charge in [-0.3, -0.25) is 4.68 Å². The zero-order valence-electron chi connectivity index (χ0n) is 22.0. The molecular weight excluding hydrogens is 513 g/mol. The molecule has 2 aromatic heterocycles. The highest BCUT2D eigenvalue weighted by atomic mass is 19.1. The molecule has 4 rings (SSSR count). The number of hydrogen-bond acceptors (Lipinski definition) is 7. The van der Waals surface area contributed by atoms with Crippen molar-refractivity contribution in [3.8, 4) is 11.3 Å². The third kappa shape index (κ3) is 6.36. The minimum atomic E-state index is -0.755. The van der Waals surface area contributed by atoms with E-state index in [2.05, 4.69) is 20.4 Å². The molecule has 1 atom stereocenters. The second-order valence-electron chi connectivity index (χ2n) is 9.25. The minimum Gasteiger partial charge on any atom is -0.383 e. The maximum Gasteiger partial charge on any atom is 0.318 e. The number of anilines is 1. The molecule has 2 N–H and O–H groups in total. The fourth-order valence-electron chi connectivity index (χ4n) is 4.64. The van der Waals surface area contributed by atoms with E-state index in [4.69, 9.17) is 10.1 Å². The van der Waals surface area contributed by atoms with Crippen molar-refractivity contribution in [1.29, 1.82) is 5.41 Å². The molecule has 10 nitrogen and oxygen atoms in total. The molecule has 0 aliphatic carbocycles. The highest BCUT2D eigenvalue weighted by Crippen LogP contribution is 2.29. The molecule has 208 valence electrons. The normalized spacial score (nSPS) is 14.4. The van der Waals surface area contributed by atoms with E-state index in [0.717, 1.165) is 36.3 Å². The van der Waals surface area contributed by atoms with Crippen molar-refractivity contribution >= 4 is 18.2 Å². The smallest absolute Gasteiger partial charge is 0.318 e. The van der Waals surface area contributed by atoms with Crippen LogP contribution in [0, 0.1) is 36.7 Å². The molecule has 0 unspecified atom stereocenters. The van der Waals surface area contributed by atoms with Crippen molar-refractivity contribution in [3.05, 3.63) is 58.8 Å². The largest absolute Gasteiger partial charge is 0.383 e. The number of ether oxygens (including phenoxy) is 1. The number of hydrogen-bond donors (Lipinski definition) is 2. The van der Waals surface area contributed by atoms with Crippen LogP contribution in [0.4, 0.5) is 23.9 Å². The number of nitrogens with one attached hydrogen (secondary N) is 2. The predicted octanol–water partition coefficient (Wildman–Crippen LogP) is 3.63. The molecule has 1 fully saturated rings. The Morgan fingerprint density at radius 3 is 2.49 bits per heavy atom. The highest BCUT2D eigenvalue weighted by molar-refractivity contribution is 5.75. The van der Waals surface area contributed by atoms with Crippen LogP contribution in [0.3, 0.4) is 0 Å². The molecule has 3 heterocycles. The van der Waals surface area contributed by atoms with Crippen molar-refractivity contribution in [2.45, 2.75) is 32.9 Å². The summed E-state index contributed by atoms with van der Waals surface area (Å²) in [4.78, 5) is 25.1. The van der Waals surface area contributed by atoms with Gasteiger partial charge < -0.3 is 25.3 Å². The van der Waals surface area contributed by atoms with Crippen LogP contribution >= 0.6 is 0 Å². The number of methoxy groups -OCH3 is 1.